The van der Waals surface area contributed by atoms with E-state index in [1.165, 1.54) is 0 Å². The van der Waals surface area contributed by atoms with Gasteiger partial charge in [0.15, 0.2) is 0 Å². The Hall–Kier alpha value is -2.04. The molecule has 0 saturated heterocycles. The highest BCUT2D eigenvalue weighted by atomic mass is 16.4. The average Bonchev–Trinajstić information content (AvgIpc) is 2.69. The lowest BCUT2D eigenvalue weighted by Gasteiger charge is -1.93. The van der Waals surface area contributed by atoms with Gasteiger partial charge in [-0.15, -0.1) is 0 Å². The molecule has 0 amide bonds. The molecule has 3 N–H and O–H groups in total. The fraction of sp³-hybridized carbons (Fsp3) is 0.273. The number of nitrogens with one attached hydrogen (secondary N) is 2. The number of aromatic nitrogens is 3. The van der Waals surface area contributed by atoms with Crippen molar-refractivity contribution in [3.05, 3.63) is 28.8 Å². The van der Waals surface area contributed by atoms with E-state index in [0.29, 0.717) is 5.56 Å². The second-order valence-corrected chi connectivity index (χ2v) is 3.84. The van der Waals surface area contributed by atoms with Gasteiger partial charge < -0.3 is 15.1 Å². The van der Waals surface area contributed by atoms with E-state index in [2.05, 4.69) is 15.0 Å². The van der Waals surface area contributed by atoms with Crippen LogP contribution in [0.4, 0.5) is 0 Å². The predicted octanol–water partition coefficient (Wildman–Crippen LogP) is 2.03. The largest absolute Gasteiger partial charge is 0.477 e. The van der Waals surface area contributed by atoms with E-state index >= 15 is 0 Å². The summed E-state index contributed by atoms with van der Waals surface area (Å²) in [5, 5.41) is 8.94. The van der Waals surface area contributed by atoms with Gasteiger partial charge in [-0.05, 0) is 32.4 Å². The van der Waals surface area contributed by atoms with Crippen molar-refractivity contribution in [1.29, 1.82) is 0 Å². The van der Waals surface area contributed by atoms with E-state index in [4.69, 9.17) is 5.11 Å². The molecule has 0 aliphatic heterocycles. The van der Waals surface area contributed by atoms with Crippen LogP contribution in [0.1, 0.15) is 27.6 Å². The van der Waals surface area contributed by atoms with Crippen molar-refractivity contribution >= 4 is 5.97 Å². The Bertz CT molecular complexity index is 552. The molecule has 5 heteroatoms. The summed E-state index contributed by atoms with van der Waals surface area (Å²) < 4.78 is 0. The number of carboxylic acids is 1. The minimum atomic E-state index is -0.950. The molecule has 0 aliphatic rings. The average molecular weight is 219 g/mol. The van der Waals surface area contributed by atoms with Crippen LogP contribution in [0.25, 0.3) is 11.4 Å². The van der Waals surface area contributed by atoms with Crippen molar-refractivity contribution in [2.24, 2.45) is 0 Å². The van der Waals surface area contributed by atoms with Crippen molar-refractivity contribution in [2.75, 3.05) is 0 Å². The van der Waals surface area contributed by atoms with Gasteiger partial charge in [0.05, 0.1) is 5.69 Å². The lowest BCUT2D eigenvalue weighted by molar-refractivity contribution is 0.0690. The van der Waals surface area contributed by atoms with Crippen LogP contribution in [0, 0.1) is 20.8 Å². The highest BCUT2D eigenvalue weighted by Gasteiger charge is 2.15. The van der Waals surface area contributed by atoms with Crippen LogP contribution in [0.3, 0.4) is 0 Å². The molecule has 0 spiro atoms. The highest BCUT2D eigenvalue weighted by molar-refractivity contribution is 5.88. The molecule has 0 radical (unpaired) electrons. The smallest absolute Gasteiger partial charge is 0.352 e. The van der Waals surface area contributed by atoms with Gasteiger partial charge in [-0.25, -0.2) is 9.78 Å². The van der Waals surface area contributed by atoms with Gasteiger partial charge in [0.25, 0.3) is 0 Å². The monoisotopic (exact) mass is 219 g/mol. The Morgan fingerprint density at radius 2 is 2.00 bits per heavy atom. The summed E-state index contributed by atoms with van der Waals surface area (Å²) in [4.78, 5) is 21.2. The van der Waals surface area contributed by atoms with Crippen LogP contribution in [0.2, 0.25) is 0 Å². The zero-order valence-electron chi connectivity index (χ0n) is 9.38. The fourth-order valence-corrected chi connectivity index (χ4v) is 1.78. The Balaban J connectivity index is 2.53. The maximum atomic E-state index is 10.9. The summed E-state index contributed by atoms with van der Waals surface area (Å²) in [6.45, 7) is 5.54. The molecule has 0 unspecified atom stereocenters. The fourth-order valence-electron chi connectivity index (χ4n) is 1.78. The molecule has 5 nitrogen and oxygen atoms in total. The molecule has 84 valence electrons. The predicted molar refractivity (Wildman–Crippen MR) is 59.5 cm³/mol. The third-order valence-electron chi connectivity index (χ3n) is 2.49. The number of aromatic carboxylic acids is 1. The van der Waals surface area contributed by atoms with E-state index in [9.17, 15) is 4.79 Å². The minimum absolute atomic E-state index is 0.218. The topological polar surface area (TPSA) is 81.8 Å². The molecule has 16 heavy (non-hydrogen) atoms. The molecule has 2 aromatic rings. The maximum Gasteiger partial charge on any atom is 0.352 e. The number of rotatable bonds is 2. The Morgan fingerprint density at radius 3 is 2.44 bits per heavy atom. The summed E-state index contributed by atoms with van der Waals surface area (Å²) in [7, 11) is 0. The number of nitrogens with zero attached hydrogens (tertiary/aromatic N) is 1. The first-order valence-electron chi connectivity index (χ1n) is 4.95. The second-order valence-electron chi connectivity index (χ2n) is 3.84. The van der Waals surface area contributed by atoms with Crippen molar-refractivity contribution in [1.82, 2.24) is 15.0 Å². The molecule has 2 aromatic heterocycles. The van der Waals surface area contributed by atoms with E-state index < -0.39 is 5.97 Å². The summed E-state index contributed by atoms with van der Waals surface area (Å²) in [5.41, 5.74) is 3.36. The van der Waals surface area contributed by atoms with Gasteiger partial charge in [0.2, 0.25) is 0 Å². The number of imidazole rings is 1. The van der Waals surface area contributed by atoms with E-state index in [0.717, 1.165) is 22.9 Å². The quantitative estimate of drug-likeness (QED) is 0.722. The minimum Gasteiger partial charge on any atom is -0.477 e. The van der Waals surface area contributed by atoms with Crippen molar-refractivity contribution in [2.45, 2.75) is 20.8 Å². The number of carbonyl (C=O) groups is 1. The molecule has 0 saturated carbocycles. The maximum absolute atomic E-state index is 10.9. The third-order valence-corrected chi connectivity index (χ3v) is 2.49. The number of aryl methyl sites for hydroxylation is 3. The van der Waals surface area contributed by atoms with Crippen LogP contribution < -0.4 is 0 Å². The molecule has 0 bridgehead atoms. The van der Waals surface area contributed by atoms with Gasteiger partial charge >= 0.3 is 5.97 Å². The summed E-state index contributed by atoms with van der Waals surface area (Å²) in [6, 6.07) is 1.80. The summed E-state index contributed by atoms with van der Waals surface area (Å²) in [5.74, 6) is -0.134. The Morgan fingerprint density at radius 1 is 1.31 bits per heavy atom. The molecule has 0 atom stereocenters. The molecule has 0 aliphatic carbocycles. The Kier molecular flexibility index (Phi) is 2.30. The molecular weight excluding hydrogens is 206 g/mol. The second kappa shape index (κ2) is 3.52. The number of H-pyrrole nitrogens is 2. The van der Waals surface area contributed by atoms with Gasteiger partial charge in [0, 0.05) is 5.69 Å². The summed E-state index contributed by atoms with van der Waals surface area (Å²) >= 11 is 0. The van der Waals surface area contributed by atoms with Crippen LogP contribution in [-0.4, -0.2) is 26.0 Å². The zero-order chi connectivity index (χ0) is 11.9. The van der Waals surface area contributed by atoms with Gasteiger partial charge in [0.1, 0.15) is 17.2 Å². The van der Waals surface area contributed by atoms with Crippen LogP contribution in [0.5, 0.6) is 0 Å². The van der Waals surface area contributed by atoms with Gasteiger partial charge in [-0.2, -0.15) is 0 Å². The molecule has 0 aromatic carbocycles. The van der Waals surface area contributed by atoms with Gasteiger partial charge in [-0.3, -0.25) is 0 Å². The molecular formula is C11H13N3O2. The van der Waals surface area contributed by atoms with Crippen molar-refractivity contribution in [3.8, 4) is 11.4 Å². The first kappa shape index (κ1) is 10.5. The highest BCUT2D eigenvalue weighted by Crippen LogP contribution is 2.22. The SMILES string of the molecule is Cc1nc(-c2cc(C)c(C(=O)O)[nH]2)c(C)[nH]1. The normalized spacial score (nSPS) is 10.7. The van der Waals surface area contributed by atoms with Gasteiger partial charge in [-0.1, -0.05) is 0 Å². The number of hydrogen-bond donors (Lipinski definition) is 3. The van der Waals surface area contributed by atoms with Crippen molar-refractivity contribution in [3.63, 3.8) is 0 Å². The Labute approximate surface area is 92.5 Å². The van der Waals surface area contributed by atoms with E-state index in [1.54, 1.807) is 13.0 Å². The lowest BCUT2D eigenvalue weighted by Crippen LogP contribution is -1.98. The van der Waals surface area contributed by atoms with Crippen LogP contribution in [-0.2, 0) is 0 Å². The van der Waals surface area contributed by atoms with E-state index in [-0.39, 0.29) is 5.69 Å². The standard InChI is InChI=1S/C11H13N3O2/c1-5-4-8(14-9(5)11(15)16)10-6(2)12-7(3)13-10/h4,14H,1-3H3,(H,12,13)(H,15,16). The summed E-state index contributed by atoms with van der Waals surface area (Å²) in [6.07, 6.45) is 0. The third kappa shape index (κ3) is 1.60. The van der Waals surface area contributed by atoms with Crippen molar-refractivity contribution < 1.29 is 9.90 Å². The first-order chi connectivity index (χ1) is 7.49. The van der Waals surface area contributed by atoms with E-state index in [1.807, 2.05) is 13.8 Å². The van der Waals surface area contributed by atoms with Crippen LogP contribution >= 0.6 is 0 Å². The lowest BCUT2D eigenvalue weighted by atomic mass is 10.2. The first-order valence-corrected chi connectivity index (χ1v) is 4.95. The van der Waals surface area contributed by atoms with Crippen LogP contribution in [0.15, 0.2) is 6.07 Å². The molecule has 2 rings (SSSR count). The zero-order valence-corrected chi connectivity index (χ0v) is 9.38. The number of aromatic amines is 2. The molecule has 0 fully saturated rings. The molecule has 2 heterocycles. The number of carboxylic acid groups (broad SMARTS) is 1. The number of hydrogen-bond acceptors (Lipinski definition) is 2.